The van der Waals surface area contributed by atoms with Gasteiger partial charge in [-0.15, -0.1) is 0 Å². The maximum atomic E-state index is 15.3. The molecule has 0 radical (unpaired) electrons. The SMILES string of the molecule is N#Cc1ccc(-c2ccc3c(c2)c2cc(-c4ccc(C#N)cc4C#N)ccc2n3-c2cc(C#N)cc(-n3c4ccc(-c5ccc(C#N)cc5C#N)cc4c4cc(-c5ccc(C#N)cc5C#N)ccc43)c2-c2cc(C(F)(F)F)cc(C(F)(F)F)c2)c(C#N)c1. The first-order valence-electron chi connectivity index (χ1n) is 26.3. The first kappa shape index (κ1) is 55.3. The van der Waals surface area contributed by atoms with Gasteiger partial charge in [0.25, 0.3) is 0 Å². The van der Waals surface area contributed by atoms with Gasteiger partial charge in [0.2, 0.25) is 0 Å². The fourth-order valence-electron chi connectivity index (χ4n) is 11.5. The van der Waals surface area contributed by atoms with Crippen molar-refractivity contribution in [1.82, 2.24) is 9.13 Å². The van der Waals surface area contributed by atoms with Crippen LogP contribution >= 0.6 is 0 Å². The third kappa shape index (κ3) is 9.30. The van der Waals surface area contributed by atoms with Crippen LogP contribution in [0.1, 0.15) is 61.2 Å². The van der Waals surface area contributed by atoms with Gasteiger partial charge in [-0.1, -0.05) is 48.5 Å². The summed E-state index contributed by atoms with van der Waals surface area (Å²) in [6.07, 6.45) is -10.7. The highest BCUT2D eigenvalue weighted by Crippen LogP contribution is 2.48. The Hall–Kier alpha value is -13.2. The molecule has 410 valence electrons. The number of alkyl halides is 6. The average Bonchev–Trinajstić information content (AvgIpc) is 1.60. The molecule has 10 aromatic carbocycles. The first-order chi connectivity index (χ1) is 42.4. The van der Waals surface area contributed by atoms with Gasteiger partial charge in [0, 0.05) is 27.1 Å². The van der Waals surface area contributed by atoms with E-state index in [1.54, 1.807) is 106 Å². The van der Waals surface area contributed by atoms with Crippen LogP contribution in [-0.2, 0) is 12.4 Å². The van der Waals surface area contributed by atoms with Crippen molar-refractivity contribution < 1.29 is 26.3 Å². The zero-order valence-corrected chi connectivity index (χ0v) is 44.9. The Labute approximate surface area is 495 Å². The van der Waals surface area contributed by atoms with E-state index in [-0.39, 0.29) is 73.1 Å². The minimum Gasteiger partial charge on any atom is -0.308 e. The Morgan fingerprint density at radius 2 is 0.534 bits per heavy atom. The van der Waals surface area contributed by atoms with E-state index in [9.17, 15) is 47.4 Å². The van der Waals surface area contributed by atoms with Crippen molar-refractivity contribution in [2.75, 3.05) is 0 Å². The van der Waals surface area contributed by atoms with Gasteiger partial charge in [0.1, 0.15) is 0 Å². The second-order valence-electron chi connectivity index (χ2n) is 20.3. The number of nitriles is 9. The first-order valence-corrected chi connectivity index (χ1v) is 26.3. The highest BCUT2D eigenvalue weighted by molar-refractivity contribution is 6.15. The largest absolute Gasteiger partial charge is 0.416 e. The zero-order valence-electron chi connectivity index (χ0n) is 44.9. The highest BCUT2D eigenvalue weighted by atomic mass is 19.4. The van der Waals surface area contributed by atoms with Crippen LogP contribution in [0.3, 0.4) is 0 Å². The lowest BCUT2D eigenvalue weighted by molar-refractivity contribution is -0.143. The summed E-state index contributed by atoms with van der Waals surface area (Å²) >= 11 is 0. The van der Waals surface area contributed by atoms with E-state index in [2.05, 4.69) is 30.3 Å². The maximum absolute atomic E-state index is 15.3. The lowest BCUT2D eigenvalue weighted by Crippen LogP contribution is -2.12. The average molecular weight is 1150 g/mol. The van der Waals surface area contributed by atoms with Gasteiger partial charge in [-0.3, -0.25) is 0 Å². The maximum Gasteiger partial charge on any atom is 0.416 e. The summed E-state index contributed by atoms with van der Waals surface area (Å²) in [5, 5.41) is 93.1. The van der Waals surface area contributed by atoms with Crippen molar-refractivity contribution in [3.8, 4) is 122 Å². The monoisotopic (exact) mass is 1150 g/mol. The molecule has 12 aromatic rings. The van der Waals surface area contributed by atoms with Crippen LogP contribution in [0.25, 0.3) is 111 Å². The van der Waals surface area contributed by atoms with Crippen LogP contribution < -0.4 is 0 Å². The third-order valence-corrected chi connectivity index (χ3v) is 15.4. The Morgan fingerprint density at radius 3 is 0.773 bits per heavy atom. The number of hydrogen-bond acceptors (Lipinski definition) is 9. The molecule has 0 atom stereocenters. The van der Waals surface area contributed by atoms with E-state index in [1.165, 1.54) is 60.7 Å². The summed E-state index contributed by atoms with van der Waals surface area (Å²) in [7, 11) is 0. The molecule has 0 fully saturated rings. The van der Waals surface area contributed by atoms with Gasteiger partial charge in [-0.05, 0) is 177 Å². The molecule has 0 aliphatic heterocycles. The summed E-state index contributed by atoms with van der Waals surface area (Å²) in [4.78, 5) is 0. The highest BCUT2D eigenvalue weighted by Gasteiger charge is 2.38. The minimum atomic E-state index is -5.33. The quantitative estimate of drug-likeness (QED) is 0.138. The lowest BCUT2D eigenvalue weighted by atomic mass is 9.94. The standard InChI is InChI=1S/C71H29F6N11/c72-70(73,74)53-23-48(24-54(29-53)71(75,76)77)69-67(87-63-13-5-44(55-9-1-39(30-78)17-49(55)35-83)25-59(63)60-26-45(6-14-64(60)87)56-10-2-40(31-79)18-50(56)36-84)21-43(34-82)22-68(69)88-65-15-7-46(57-11-3-41(32-80)19-51(57)37-85)27-61(65)62-28-47(8-16-66(62)88)58-12-4-42(33-81)20-52(58)38-86/h1-29H. The number of benzene rings is 10. The molecule has 88 heavy (non-hydrogen) atoms. The summed E-state index contributed by atoms with van der Waals surface area (Å²) < 4.78 is 94.9. The fraction of sp³-hybridized carbons (Fsp3) is 0.0282. The predicted octanol–water partition coefficient (Wildman–Crippen LogP) is 17.1. The molecule has 0 N–H and O–H groups in total. The molecular weight excluding hydrogens is 1120 g/mol. The van der Waals surface area contributed by atoms with Crippen molar-refractivity contribution >= 4 is 43.6 Å². The van der Waals surface area contributed by atoms with Crippen LogP contribution in [0.5, 0.6) is 0 Å². The third-order valence-electron chi connectivity index (χ3n) is 15.4. The molecule has 0 unspecified atom stereocenters. The second kappa shape index (κ2) is 21.2. The Morgan fingerprint density at radius 1 is 0.261 bits per heavy atom. The van der Waals surface area contributed by atoms with Crippen molar-refractivity contribution in [2.24, 2.45) is 0 Å². The zero-order chi connectivity index (χ0) is 61.9. The molecule has 0 spiro atoms. The smallest absolute Gasteiger partial charge is 0.308 e. The fourth-order valence-corrected chi connectivity index (χ4v) is 11.5. The van der Waals surface area contributed by atoms with Crippen LogP contribution in [0, 0.1) is 102 Å². The molecule has 2 aromatic heterocycles. The molecule has 0 aliphatic rings. The van der Waals surface area contributed by atoms with Gasteiger partial charge < -0.3 is 9.13 Å². The number of halogens is 6. The van der Waals surface area contributed by atoms with Gasteiger partial charge in [-0.25, -0.2) is 0 Å². The van der Waals surface area contributed by atoms with Gasteiger partial charge in [0.15, 0.2) is 0 Å². The number of aromatic nitrogens is 2. The summed E-state index contributed by atoms with van der Waals surface area (Å²) in [5.41, 5.74) is 2.00. The van der Waals surface area contributed by atoms with Crippen LogP contribution in [-0.4, -0.2) is 9.13 Å². The van der Waals surface area contributed by atoms with Crippen molar-refractivity contribution in [3.63, 3.8) is 0 Å². The van der Waals surface area contributed by atoms with E-state index < -0.39 is 29.0 Å². The van der Waals surface area contributed by atoms with Crippen molar-refractivity contribution in [3.05, 3.63) is 237 Å². The van der Waals surface area contributed by atoms with Gasteiger partial charge in [0.05, 0.1) is 149 Å². The minimum absolute atomic E-state index is 0.0220. The summed E-state index contributed by atoms with van der Waals surface area (Å²) in [6.45, 7) is 0. The van der Waals surface area contributed by atoms with Crippen molar-refractivity contribution in [2.45, 2.75) is 12.4 Å². The molecule has 0 amide bonds. The molecule has 17 heteroatoms. The Balaban J connectivity index is 1.25. The summed E-state index contributed by atoms with van der Waals surface area (Å²) in [5.74, 6) is 0. The van der Waals surface area contributed by atoms with Gasteiger partial charge >= 0.3 is 12.4 Å². The van der Waals surface area contributed by atoms with E-state index in [0.29, 0.717) is 100 Å². The number of rotatable bonds is 7. The Bertz CT molecular complexity index is 4910. The lowest BCUT2D eigenvalue weighted by Gasteiger charge is -2.22. The molecule has 0 saturated heterocycles. The molecule has 11 nitrogen and oxygen atoms in total. The summed E-state index contributed by atoms with van der Waals surface area (Å²) in [6, 6.07) is 61.3. The topological polar surface area (TPSA) is 224 Å². The van der Waals surface area contributed by atoms with Crippen molar-refractivity contribution in [1.29, 1.82) is 47.4 Å². The molecule has 0 aliphatic carbocycles. The van der Waals surface area contributed by atoms with E-state index >= 15 is 26.3 Å². The normalized spacial score (nSPS) is 11.2. The van der Waals surface area contributed by atoms with E-state index in [4.69, 9.17) is 0 Å². The molecular formula is C71H29F6N11. The van der Waals surface area contributed by atoms with E-state index in [1.807, 2.05) is 24.3 Å². The predicted molar refractivity (Wildman–Crippen MR) is 315 cm³/mol. The Kier molecular flexibility index (Phi) is 13.3. The number of nitrogens with zero attached hydrogens (tertiary/aromatic N) is 11. The number of fused-ring (bicyclic) bond motifs is 6. The van der Waals surface area contributed by atoms with E-state index in [0.717, 1.165) is 0 Å². The molecule has 12 rings (SSSR count). The van der Waals surface area contributed by atoms with Crippen LogP contribution in [0.4, 0.5) is 26.3 Å². The van der Waals surface area contributed by atoms with Crippen LogP contribution in [0.15, 0.2) is 176 Å². The molecule has 0 bridgehead atoms. The van der Waals surface area contributed by atoms with Gasteiger partial charge in [-0.2, -0.15) is 73.7 Å². The second-order valence-corrected chi connectivity index (χ2v) is 20.3. The number of hydrogen-bond donors (Lipinski definition) is 0. The van der Waals surface area contributed by atoms with Crippen LogP contribution in [0.2, 0.25) is 0 Å². The molecule has 2 heterocycles. The molecule has 0 saturated carbocycles.